The van der Waals surface area contributed by atoms with Crippen LogP contribution in [0.2, 0.25) is 0 Å². The minimum Gasteiger partial charge on any atom is -0.456 e. The number of rotatable bonds is 4. The molecule has 49 heavy (non-hydrogen) atoms. The summed E-state index contributed by atoms with van der Waals surface area (Å²) in [6, 6.07) is 38.2. The van der Waals surface area contributed by atoms with Gasteiger partial charge in [-0.05, 0) is 35.4 Å². The maximum absolute atomic E-state index is 6.49. The lowest BCUT2D eigenvalue weighted by molar-refractivity contribution is 0.669. The number of fused-ring (bicyclic) bond motifs is 6. The van der Waals surface area contributed by atoms with Crippen molar-refractivity contribution >= 4 is 120 Å². The van der Waals surface area contributed by atoms with Gasteiger partial charge in [0.1, 0.15) is 50.4 Å². The summed E-state index contributed by atoms with van der Waals surface area (Å²) in [5.74, 6) is 1.97. The van der Waals surface area contributed by atoms with Crippen LogP contribution in [0.15, 0.2) is 114 Å². The van der Waals surface area contributed by atoms with Gasteiger partial charge in [-0.2, -0.15) is 0 Å². The SMILES string of the molecule is Bc1c(B)c(B)c(-c2nc(-c3ccccc3)nc(-c3cccc4oc5ccc(-c6cccc7c6sc6ccccc67)cc5c34)n2)c(B)c1B. The van der Waals surface area contributed by atoms with Crippen LogP contribution < -0.4 is 27.3 Å². The lowest BCUT2D eigenvalue weighted by Crippen LogP contribution is -2.55. The van der Waals surface area contributed by atoms with Gasteiger partial charge in [0.25, 0.3) is 0 Å². The molecule has 0 saturated carbocycles. The molecule has 0 radical (unpaired) electrons. The summed E-state index contributed by atoms with van der Waals surface area (Å²) in [6.07, 6.45) is 0. The Morgan fingerprint density at radius 2 is 1.12 bits per heavy atom. The van der Waals surface area contributed by atoms with Crippen LogP contribution in [0.25, 0.3) is 87.4 Å². The van der Waals surface area contributed by atoms with E-state index in [-0.39, 0.29) is 0 Å². The van der Waals surface area contributed by atoms with Crippen molar-refractivity contribution in [3.8, 4) is 45.3 Å². The molecule has 0 aliphatic carbocycles. The molecular formula is C39H28B5N3OS. The van der Waals surface area contributed by atoms with E-state index in [1.165, 1.54) is 53.0 Å². The van der Waals surface area contributed by atoms with Gasteiger partial charge in [0.05, 0.1) is 0 Å². The molecule has 0 aliphatic heterocycles. The average molecular weight is 641 g/mol. The van der Waals surface area contributed by atoms with Crippen LogP contribution in [0.1, 0.15) is 0 Å². The van der Waals surface area contributed by atoms with Crippen LogP contribution in [-0.4, -0.2) is 54.2 Å². The molecule has 3 heterocycles. The lowest BCUT2D eigenvalue weighted by atomic mass is 9.60. The molecule has 0 bridgehead atoms. The van der Waals surface area contributed by atoms with E-state index in [9.17, 15) is 0 Å². The van der Waals surface area contributed by atoms with Crippen LogP contribution in [0.4, 0.5) is 0 Å². The Kier molecular flexibility index (Phi) is 6.92. The second-order valence-electron chi connectivity index (χ2n) is 12.9. The molecule has 0 unspecified atom stereocenters. The Morgan fingerprint density at radius 1 is 0.469 bits per heavy atom. The number of furan rings is 1. The van der Waals surface area contributed by atoms with E-state index in [1.54, 1.807) is 0 Å². The van der Waals surface area contributed by atoms with E-state index in [4.69, 9.17) is 19.4 Å². The smallest absolute Gasteiger partial charge is 0.164 e. The normalized spacial score (nSPS) is 11.7. The molecular weight excluding hydrogens is 613 g/mol. The molecule has 0 fully saturated rings. The highest BCUT2D eigenvalue weighted by molar-refractivity contribution is 7.26. The van der Waals surface area contributed by atoms with E-state index in [0.29, 0.717) is 17.5 Å². The molecule has 0 amide bonds. The summed E-state index contributed by atoms with van der Waals surface area (Å²) in [7, 11) is 10.9. The van der Waals surface area contributed by atoms with E-state index in [1.807, 2.05) is 41.7 Å². The van der Waals surface area contributed by atoms with E-state index >= 15 is 0 Å². The molecule has 6 aromatic carbocycles. The van der Waals surface area contributed by atoms with Gasteiger partial charge >= 0.3 is 0 Å². The van der Waals surface area contributed by atoms with Crippen LogP contribution in [-0.2, 0) is 0 Å². The van der Waals surface area contributed by atoms with Crippen LogP contribution >= 0.6 is 11.3 Å². The second-order valence-corrected chi connectivity index (χ2v) is 14.0. The predicted molar refractivity (Wildman–Crippen MR) is 223 cm³/mol. The molecule has 3 aromatic heterocycles. The fourth-order valence-corrected chi connectivity index (χ4v) is 8.55. The van der Waals surface area contributed by atoms with Crippen molar-refractivity contribution < 1.29 is 4.42 Å². The first-order valence-corrected chi connectivity index (χ1v) is 17.4. The molecule has 9 aromatic rings. The first-order valence-electron chi connectivity index (χ1n) is 16.6. The first kappa shape index (κ1) is 29.8. The minimum absolute atomic E-state index is 0.629. The Hall–Kier alpha value is -5.33. The van der Waals surface area contributed by atoms with Crippen molar-refractivity contribution in [2.45, 2.75) is 0 Å². The van der Waals surface area contributed by atoms with Crippen molar-refractivity contribution in [1.29, 1.82) is 0 Å². The highest BCUT2D eigenvalue weighted by Crippen LogP contribution is 2.42. The zero-order chi connectivity index (χ0) is 33.4. The number of nitrogens with zero attached hydrogens (tertiary/aromatic N) is 3. The summed E-state index contributed by atoms with van der Waals surface area (Å²) >= 11 is 1.85. The lowest BCUT2D eigenvalue weighted by Gasteiger charge is -2.20. The van der Waals surface area contributed by atoms with Crippen molar-refractivity contribution in [3.05, 3.63) is 109 Å². The van der Waals surface area contributed by atoms with Crippen molar-refractivity contribution in [1.82, 2.24) is 15.0 Å². The van der Waals surface area contributed by atoms with Gasteiger partial charge in [0.15, 0.2) is 17.5 Å². The first-order chi connectivity index (χ1) is 23.9. The standard InChI is InChI=1S/C39H28B5N3OS/c40-31-30(32(41)34(43)35(44)33(31)42)39-46-37(19-8-2-1-3-9-19)45-38(47-39)24-13-7-14-27-29(24)25-18-20(16-17-26(25)48-27)21-11-6-12-23-22-10-4-5-15-28(22)49-36(21)23/h1-18H,40-44H2. The third-order valence-electron chi connectivity index (χ3n) is 10.3. The third kappa shape index (κ3) is 4.69. The van der Waals surface area contributed by atoms with Crippen molar-refractivity contribution in [3.63, 3.8) is 0 Å². The number of hydrogen-bond acceptors (Lipinski definition) is 5. The molecule has 0 atom stereocenters. The summed E-state index contributed by atoms with van der Waals surface area (Å²) in [5, 5.41) is 4.63. The van der Waals surface area contributed by atoms with Gasteiger partial charge < -0.3 is 4.42 Å². The van der Waals surface area contributed by atoms with Crippen LogP contribution in [0, 0.1) is 0 Å². The average Bonchev–Trinajstić information content (AvgIpc) is 3.72. The monoisotopic (exact) mass is 641 g/mol. The Bertz CT molecular complexity index is 2770. The van der Waals surface area contributed by atoms with Gasteiger partial charge in [0, 0.05) is 47.6 Å². The fourth-order valence-electron chi connectivity index (χ4n) is 7.32. The number of hydrogen-bond donors (Lipinski definition) is 0. The third-order valence-corrected chi connectivity index (χ3v) is 11.6. The van der Waals surface area contributed by atoms with E-state index in [2.05, 4.69) is 118 Å². The Labute approximate surface area is 292 Å². The molecule has 0 saturated heterocycles. The summed E-state index contributed by atoms with van der Waals surface area (Å²) in [6.45, 7) is 0. The van der Waals surface area contributed by atoms with Crippen molar-refractivity contribution in [2.75, 3.05) is 0 Å². The van der Waals surface area contributed by atoms with Crippen LogP contribution in [0.3, 0.4) is 0 Å². The van der Waals surface area contributed by atoms with E-state index in [0.717, 1.165) is 44.2 Å². The zero-order valence-electron chi connectivity index (χ0n) is 28.1. The summed E-state index contributed by atoms with van der Waals surface area (Å²) in [4.78, 5) is 15.5. The van der Waals surface area contributed by atoms with Crippen molar-refractivity contribution in [2.24, 2.45) is 0 Å². The highest BCUT2D eigenvalue weighted by Gasteiger charge is 2.21. The highest BCUT2D eigenvalue weighted by atomic mass is 32.1. The number of aromatic nitrogens is 3. The molecule has 226 valence electrons. The fraction of sp³-hybridized carbons (Fsp3) is 0. The Balaban J connectivity index is 1.30. The minimum atomic E-state index is 0.629. The largest absolute Gasteiger partial charge is 0.456 e. The quantitative estimate of drug-likeness (QED) is 0.277. The van der Waals surface area contributed by atoms with Gasteiger partial charge in [-0.25, -0.2) is 15.0 Å². The summed E-state index contributed by atoms with van der Waals surface area (Å²) < 4.78 is 9.07. The maximum Gasteiger partial charge on any atom is 0.164 e. The Morgan fingerprint density at radius 3 is 1.94 bits per heavy atom. The molecule has 0 N–H and O–H groups in total. The second kappa shape index (κ2) is 11.4. The maximum atomic E-state index is 6.49. The van der Waals surface area contributed by atoms with Gasteiger partial charge in [-0.3, -0.25) is 0 Å². The zero-order valence-corrected chi connectivity index (χ0v) is 28.9. The molecule has 10 heteroatoms. The molecule has 0 spiro atoms. The van der Waals surface area contributed by atoms with Gasteiger partial charge in [0.2, 0.25) is 0 Å². The predicted octanol–water partition coefficient (Wildman–Crippen LogP) is 2.10. The van der Waals surface area contributed by atoms with E-state index < -0.39 is 0 Å². The molecule has 4 nitrogen and oxygen atoms in total. The number of benzene rings is 6. The van der Waals surface area contributed by atoms with Gasteiger partial charge in [-0.1, -0.05) is 95.9 Å². The molecule has 0 aliphatic rings. The topological polar surface area (TPSA) is 51.8 Å². The number of thiophene rings is 1. The van der Waals surface area contributed by atoms with Crippen LogP contribution in [0.5, 0.6) is 0 Å². The summed E-state index contributed by atoms with van der Waals surface area (Å²) in [5.41, 5.74) is 13.2. The molecule has 9 rings (SSSR count). The van der Waals surface area contributed by atoms with Gasteiger partial charge in [-0.15, -0.1) is 27.7 Å².